The number of benzene rings is 3. The van der Waals surface area contributed by atoms with E-state index in [1.165, 1.54) is 16.6 Å². The van der Waals surface area contributed by atoms with Crippen LogP contribution in [0.15, 0.2) is 78.9 Å². The van der Waals surface area contributed by atoms with Crippen LogP contribution < -0.4 is 15.0 Å². The van der Waals surface area contributed by atoms with Crippen molar-refractivity contribution < 1.29 is 9.53 Å². The molecule has 0 saturated carbocycles. The van der Waals surface area contributed by atoms with Gasteiger partial charge in [0, 0.05) is 55.2 Å². The van der Waals surface area contributed by atoms with Crippen molar-refractivity contribution in [2.45, 2.75) is 13.3 Å². The lowest BCUT2D eigenvalue weighted by Crippen LogP contribution is -2.47. The molecule has 4 aromatic rings. The molecule has 3 aromatic carbocycles. The number of hydrogen-bond acceptors (Lipinski definition) is 5. The van der Waals surface area contributed by atoms with Crippen LogP contribution in [0.2, 0.25) is 0 Å². The van der Waals surface area contributed by atoms with Gasteiger partial charge >= 0.3 is 0 Å². The summed E-state index contributed by atoms with van der Waals surface area (Å²) in [5.74, 6) is 0.402. The van der Waals surface area contributed by atoms with E-state index in [2.05, 4.69) is 57.6 Å². The van der Waals surface area contributed by atoms with E-state index in [1.807, 2.05) is 31.2 Å². The first-order chi connectivity index (χ1) is 17.6. The van der Waals surface area contributed by atoms with Crippen LogP contribution in [0.5, 0.6) is 5.75 Å². The molecule has 38 heavy (non-hydrogen) atoms. The number of methoxy groups -OCH3 is 1. The number of anilines is 2. The Hall–Kier alpha value is -3.32. The highest BCUT2D eigenvalue weighted by molar-refractivity contribution is 6.06. The van der Waals surface area contributed by atoms with E-state index in [0.29, 0.717) is 11.3 Å². The van der Waals surface area contributed by atoms with Gasteiger partial charge in [0.05, 0.1) is 18.2 Å². The highest BCUT2D eigenvalue weighted by Gasteiger charge is 2.19. The molecule has 0 atom stereocenters. The van der Waals surface area contributed by atoms with E-state index < -0.39 is 0 Å². The predicted octanol–water partition coefficient (Wildman–Crippen LogP) is 6.01. The van der Waals surface area contributed by atoms with E-state index in [1.54, 1.807) is 19.2 Å². The summed E-state index contributed by atoms with van der Waals surface area (Å²) in [6.45, 7) is 7.09. The van der Waals surface area contributed by atoms with Gasteiger partial charge in [-0.2, -0.15) is 0 Å². The lowest BCUT2D eigenvalue weighted by Gasteiger charge is -2.36. The van der Waals surface area contributed by atoms with Crippen molar-refractivity contribution >= 4 is 53.0 Å². The maximum absolute atomic E-state index is 12.7. The molecular weight excluding hydrogens is 519 g/mol. The number of aryl methyl sites for hydroxylation is 1. The third-order valence-electron chi connectivity index (χ3n) is 6.81. The lowest BCUT2D eigenvalue weighted by molar-refractivity contribution is 0.102. The van der Waals surface area contributed by atoms with Crippen LogP contribution >= 0.6 is 24.8 Å². The van der Waals surface area contributed by atoms with Crippen LogP contribution in [0.4, 0.5) is 11.4 Å². The van der Waals surface area contributed by atoms with Crippen molar-refractivity contribution in [3.8, 4) is 5.75 Å². The molecule has 0 radical (unpaired) electrons. The minimum absolute atomic E-state index is 0. The molecule has 6 nitrogen and oxygen atoms in total. The van der Waals surface area contributed by atoms with Gasteiger partial charge in [0.1, 0.15) is 5.75 Å². The summed E-state index contributed by atoms with van der Waals surface area (Å²) in [7, 11) is 1.58. The fraction of sp³-hybridized carbons (Fsp3) is 0.267. The van der Waals surface area contributed by atoms with Crippen molar-refractivity contribution in [3.05, 3.63) is 95.7 Å². The number of piperazine rings is 1. The monoisotopic (exact) mass is 552 g/mol. The van der Waals surface area contributed by atoms with Crippen molar-refractivity contribution in [3.63, 3.8) is 0 Å². The third kappa shape index (κ3) is 6.76. The molecule has 2 heterocycles. The molecule has 1 amide bonds. The molecule has 1 N–H and O–H groups in total. The number of fused-ring (bicyclic) bond motifs is 1. The highest BCUT2D eigenvalue weighted by Crippen LogP contribution is 2.27. The number of amides is 1. The zero-order valence-electron chi connectivity index (χ0n) is 21.7. The summed E-state index contributed by atoms with van der Waals surface area (Å²) < 4.78 is 5.32. The highest BCUT2D eigenvalue weighted by atomic mass is 35.5. The molecule has 1 saturated heterocycles. The van der Waals surface area contributed by atoms with Gasteiger partial charge < -0.3 is 15.0 Å². The minimum atomic E-state index is -0.167. The van der Waals surface area contributed by atoms with Crippen LogP contribution in [0.3, 0.4) is 0 Å². The summed E-state index contributed by atoms with van der Waals surface area (Å²) >= 11 is 0. The lowest BCUT2D eigenvalue weighted by atomic mass is 10.1. The SMILES string of the molecule is COc1ccccc1C(=O)Nc1cccc(CCN2CCN(c3cccc4nc(C)ccc34)CC2)c1.Cl.Cl. The average molecular weight is 554 g/mol. The number of carbonyl (C=O) groups is 1. The Kier molecular flexibility index (Phi) is 10.4. The maximum atomic E-state index is 12.7. The number of nitrogens with zero attached hydrogens (tertiary/aromatic N) is 3. The number of nitrogens with one attached hydrogen (secondary N) is 1. The molecule has 0 bridgehead atoms. The van der Waals surface area contributed by atoms with Crippen LogP contribution in [0, 0.1) is 6.92 Å². The van der Waals surface area contributed by atoms with Crippen LogP contribution in [-0.4, -0.2) is 55.6 Å². The van der Waals surface area contributed by atoms with Gasteiger partial charge in [-0.15, -0.1) is 24.8 Å². The van der Waals surface area contributed by atoms with Crippen molar-refractivity contribution in [2.24, 2.45) is 0 Å². The van der Waals surface area contributed by atoms with E-state index >= 15 is 0 Å². The van der Waals surface area contributed by atoms with Crippen molar-refractivity contribution in [1.82, 2.24) is 9.88 Å². The molecule has 1 fully saturated rings. The molecule has 8 heteroatoms. The number of halogens is 2. The van der Waals surface area contributed by atoms with Gasteiger partial charge in [-0.05, 0) is 67.4 Å². The van der Waals surface area contributed by atoms with Crippen LogP contribution in [-0.2, 0) is 6.42 Å². The third-order valence-corrected chi connectivity index (χ3v) is 6.81. The first-order valence-electron chi connectivity index (χ1n) is 12.5. The Labute approximate surface area is 236 Å². The average Bonchev–Trinajstić information content (AvgIpc) is 2.92. The summed E-state index contributed by atoms with van der Waals surface area (Å²) in [6, 6.07) is 26.1. The number of hydrogen-bond donors (Lipinski definition) is 1. The number of ether oxygens (including phenoxy) is 1. The van der Waals surface area contributed by atoms with Gasteiger partial charge in [-0.25, -0.2) is 0 Å². The number of carbonyl (C=O) groups excluding carboxylic acids is 1. The van der Waals surface area contributed by atoms with Crippen LogP contribution in [0.1, 0.15) is 21.6 Å². The number of pyridine rings is 1. The second-order valence-electron chi connectivity index (χ2n) is 9.23. The zero-order chi connectivity index (χ0) is 24.9. The van der Waals surface area contributed by atoms with Gasteiger partial charge in [0.25, 0.3) is 5.91 Å². The van der Waals surface area contributed by atoms with E-state index in [0.717, 1.165) is 56.0 Å². The molecule has 200 valence electrons. The first-order valence-corrected chi connectivity index (χ1v) is 12.5. The van der Waals surface area contributed by atoms with Crippen molar-refractivity contribution in [1.29, 1.82) is 0 Å². The molecule has 1 aromatic heterocycles. The molecule has 0 aliphatic carbocycles. The molecular formula is C30H34Cl2N4O2. The van der Waals surface area contributed by atoms with Gasteiger partial charge in [0.2, 0.25) is 0 Å². The second kappa shape index (κ2) is 13.5. The Morgan fingerprint density at radius 2 is 1.68 bits per heavy atom. The summed E-state index contributed by atoms with van der Waals surface area (Å²) in [5, 5.41) is 4.23. The van der Waals surface area contributed by atoms with Gasteiger partial charge in [-0.3, -0.25) is 14.7 Å². The fourth-order valence-electron chi connectivity index (χ4n) is 4.85. The predicted molar refractivity (Wildman–Crippen MR) is 161 cm³/mol. The Morgan fingerprint density at radius 1 is 0.921 bits per heavy atom. The Bertz CT molecular complexity index is 1370. The number of aromatic nitrogens is 1. The number of rotatable bonds is 7. The molecule has 1 aliphatic rings. The van der Waals surface area contributed by atoms with Crippen LogP contribution in [0.25, 0.3) is 10.9 Å². The summed E-state index contributed by atoms with van der Waals surface area (Å²) in [4.78, 5) is 22.4. The fourth-order valence-corrected chi connectivity index (χ4v) is 4.85. The normalized spacial score (nSPS) is 13.4. The summed E-state index contributed by atoms with van der Waals surface area (Å²) in [6.07, 6.45) is 0.940. The Morgan fingerprint density at radius 3 is 2.47 bits per heavy atom. The van der Waals surface area contributed by atoms with Crippen molar-refractivity contribution in [2.75, 3.05) is 50.1 Å². The number of para-hydroxylation sites is 1. The smallest absolute Gasteiger partial charge is 0.259 e. The summed E-state index contributed by atoms with van der Waals surface area (Å²) in [5.41, 5.74) is 5.93. The van der Waals surface area contributed by atoms with E-state index in [-0.39, 0.29) is 30.7 Å². The topological polar surface area (TPSA) is 57.7 Å². The first kappa shape index (κ1) is 29.2. The maximum Gasteiger partial charge on any atom is 0.259 e. The quantitative estimate of drug-likeness (QED) is 0.304. The molecule has 0 spiro atoms. The zero-order valence-corrected chi connectivity index (χ0v) is 23.4. The minimum Gasteiger partial charge on any atom is -0.496 e. The molecule has 5 rings (SSSR count). The molecule has 1 aliphatic heterocycles. The second-order valence-corrected chi connectivity index (χ2v) is 9.23. The van der Waals surface area contributed by atoms with E-state index in [9.17, 15) is 4.79 Å². The molecule has 0 unspecified atom stereocenters. The van der Waals surface area contributed by atoms with E-state index in [4.69, 9.17) is 9.72 Å². The largest absolute Gasteiger partial charge is 0.496 e. The standard InChI is InChI=1S/C30H32N4O2.2ClH/c1-22-13-14-25-27(31-22)10-6-11-28(25)34-19-17-33(18-20-34)16-15-23-7-5-8-24(21-23)32-30(35)26-9-3-4-12-29(26)36-2;;/h3-14,21H,15-20H2,1-2H3,(H,32,35);2*1H. The van der Waals surface area contributed by atoms with Gasteiger partial charge in [0.15, 0.2) is 0 Å². The Balaban J connectivity index is 0.00000200. The van der Waals surface area contributed by atoms with Gasteiger partial charge in [-0.1, -0.05) is 30.3 Å².